The molecule has 0 spiro atoms. The van der Waals surface area contributed by atoms with Crippen LogP contribution in [0.25, 0.3) is 0 Å². The monoisotopic (exact) mass is 269 g/mol. The van der Waals surface area contributed by atoms with Gasteiger partial charge in [0, 0.05) is 11.9 Å². The highest BCUT2D eigenvalue weighted by molar-refractivity contribution is 7.13. The number of unbranched alkanes of at least 4 members (excludes halogenated alkanes) is 3. The Morgan fingerprint density at radius 2 is 2.11 bits per heavy atom. The average molecular weight is 269 g/mol. The molecule has 102 valence electrons. The molecular formula is C13H23N3OS. The zero-order valence-electron chi connectivity index (χ0n) is 11.2. The van der Waals surface area contributed by atoms with E-state index in [1.807, 2.05) is 0 Å². The topological polar surface area (TPSA) is 68.0 Å². The molecule has 0 aliphatic heterocycles. The van der Waals surface area contributed by atoms with Gasteiger partial charge in [-0.2, -0.15) is 0 Å². The van der Waals surface area contributed by atoms with E-state index in [9.17, 15) is 4.79 Å². The lowest BCUT2D eigenvalue weighted by molar-refractivity contribution is 0.0948. The molecular weight excluding hydrogens is 246 g/mol. The van der Waals surface area contributed by atoms with Gasteiger partial charge in [-0.1, -0.05) is 39.5 Å². The predicted octanol–water partition coefficient (Wildman–Crippen LogP) is 3.06. The Kier molecular flexibility index (Phi) is 6.72. The summed E-state index contributed by atoms with van der Waals surface area (Å²) in [4.78, 5) is 15.6. The number of hydrogen-bond acceptors (Lipinski definition) is 4. The van der Waals surface area contributed by atoms with Crippen LogP contribution in [-0.4, -0.2) is 17.4 Å². The number of carbonyl (C=O) groups is 1. The third-order valence-electron chi connectivity index (χ3n) is 2.75. The lowest BCUT2D eigenvalue weighted by Gasteiger charge is -2.05. The number of nitrogens with two attached hydrogens (primary N) is 1. The van der Waals surface area contributed by atoms with Crippen LogP contribution in [0, 0.1) is 5.92 Å². The minimum absolute atomic E-state index is 0.120. The Morgan fingerprint density at radius 3 is 2.72 bits per heavy atom. The molecule has 4 nitrogen and oxygen atoms in total. The van der Waals surface area contributed by atoms with Crippen LogP contribution in [0.15, 0.2) is 5.38 Å². The third kappa shape index (κ3) is 6.00. The van der Waals surface area contributed by atoms with E-state index in [1.165, 1.54) is 37.0 Å². The number of thiazole rings is 1. The van der Waals surface area contributed by atoms with Crippen molar-refractivity contribution in [3.63, 3.8) is 0 Å². The van der Waals surface area contributed by atoms with Gasteiger partial charge in [-0.3, -0.25) is 4.79 Å². The van der Waals surface area contributed by atoms with E-state index in [4.69, 9.17) is 5.73 Å². The van der Waals surface area contributed by atoms with Gasteiger partial charge < -0.3 is 11.1 Å². The van der Waals surface area contributed by atoms with Gasteiger partial charge >= 0.3 is 0 Å². The molecule has 0 atom stereocenters. The van der Waals surface area contributed by atoms with E-state index >= 15 is 0 Å². The maximum absolute atomic E-state index is 11.6. The summed E-state index contributed by atoms with van der Waals surface area (Å²) in [5, 5.41) is 4.99. The number of nitrogens with zero attached hydrogens (tertiary/aromatic N) is 1. The fraction of sp³-hybridized carbons (Fsp3) is 0.692. The summed E-state index contributed by atoms with van der Waals surface area (Å²) in [6.45, 7) is 5.22. The molecule has 5 heteroatoms. The van der Waals surface area contributed by atoms with Crippen molar-refractivity contribution in [3.05, 3.63) is 11.1 Å². The lowest BCUT2D eigenvalue weighted by Crippen LogP contribution is -2.24. The summed E-state index contributed by atoms with van der Waals surface area (Å²) < 4.78 is 0. The van der Waals surface area contributed by atoms with Gasteiger partial charge in [0.1, 0.15) is 5.69 Å². The van der Waals surface area contributed by atoms with Crippen LogP contribution >= 0.6 is 11.3 Å². The minimum atomic E-state index is -0.120. The second-order valence-electron chi connectivity index (χ2n) is 4.92. The number of anilines is 1. The van der Waals surface area contributed by atoms with Gasteiger partial charge in [0.05, 0.1) is 0 Å². The molecule has 0 saturated carbocycles. The van der Waals surface area contributed by atoms with Crippen molar-refractivity contribution in [2.75, 3.05) is 12.3 Å². The highest BCUT2D eigenvalue weighted by Gasteiger charge is 2.08. The Labute approximate surface area is 113 Å². The van der Waals surface area contributed by atoms with E-state index in [0.717, 1.165) is 18.9 Å². The maximum atomic E-state index is 11.6. The van der Waals surface area contributed by atoms with Crippen LogP contribution in [0.2, 0.25) is 0 Å². The second-order valence-corrected chi connectivity index (χ2v) is 5.81. The van der Waals surface area contributed by atoms with E-state index in [2.05, 4.69) is 24.1 Å². The van der Waals surface area contributed by atoms with Crippen LogP contribution in [0.4, 0.5) is 5.13 Å². The SMILES string of the molecule is CC(C)CCCCCCNC(=O)c1csc(N)n1. The number of hydrogen-bond donors (Lipinski definition) is 2. The van der Waals surface area contributed by atoms with Crippen molar-refractivity contribution in [1.82, 2.24) is 10.3 Å². The van der Waals surface area contributed by atoms with Gasteiger partial charge in [0.15, 0.2) is 5.13 Å². The normalized spacial score (nSPS) is 10.8. The molecule has 0 saturated heterocycles. The van der Waals surface area contributed by atoms with Gasteiger partial charge in [0.2, 0.25) is 0 Å². The van der Waals surface area contributed by atoms with Crippen molar-refractivity contribution in [1.29, 1.82) is 0 Å². The average Bonchev–Trinajstić information content (AvgIpc) is 2.74. The van der Waals surface area contributed by atoms with Crippen LogP contribution in [-0.2, 0) is 0 Å². The largest absolute Gasteiger partial charge is 0.375 e. The maximum Gasteiger partial charge on any atom is 0.270 e. The fourth-order valence-corrected chi connectivity index (χ4v) is 2.26. The minimum Gasteiger partial charge on any atom is -0.375 e. The molecule has 1 aromatic rings. The summed E-state index contributed by atoms with van der Waals surface area (Å²) in [6.07, 6.45) is 6.03. The molecule has 0 aliphatic rings. The zero-order chi connectivity index (χ0) is 13.4. The molecule has 1 rings (SSSR count). The predicted molar refractivity (Wildman–Crippen MR) is 76.8 cm³/mol. The first-order valence-electron chi connectivity index (χ1n) is 6.59. The second kappa shape index (κ2) is 8.08. The summed E-state index contributed by atoms with van der Waals surface area (Å²) in [5.74, 6) is 0.671. The number of aromatic nitrogens is 1. The zero-order valence-corrected chi connectivity index (χ0v) is 12.1. The molecule has 1 heterocycles. The quantitative estimate of drug-likeness (QED) is 0.713. The van der Waals surface area contributed by atoms with E-state index in [0.29, 0.717) is 10.8 Å². The number of rotatable bonds is 8. The van der Waals surface area contributed by atoms with Gasteiger partial charge in [0.25, 0.3) is 5.91 Å². The molecule has 3 N–H and O–H groups in total. The Balaban J connectivity index is 2.03. The first-order valence-corrected chi connectivity index (χ1v) is 7.46. The number of amides is 1. The highest BCUT2D eigenvalue weighted by Crippen LogP contribution is 2.11. The van der Waals surface area contributed by atoms with Crippen molar-refractivity contribution in [3.8, 4) is 0 Å². The summed E-state index contributed by atoms with van der Waals surface area (Å²) in [5.41, 5.74) is 5.91. The Morgan fingerprint density at radius 1 is 1.39 bits per heavy atom. The smallest absolute Gasteiger partial charge is 0.270 e. The molecule has 0 fully saturated rings. The van der Waals surface area contributed by atoms with Crippen LogP contribution < -0.4 is 11.1 Å². The van der Waals surface area contributed by atoms with E-state index < -0.39 is 0 Å². The first-order chi connectivity index (χ1) is 8.59. The molecule has 0 aliphatic carbocycles. The first kappa shape index (κ1) is 15.0. The van der Waals surface area contributed by atoms with Crippen molar-refractivity contribution >= 4 is 22.4 Å². The summed E-state index contributed by atoms with van der Waals surface area (Å²) in [6, 6.07) is 0. The van der Waals surface area contributed by atoms with Gasteiger partial charge in [-0.05, 0) is 12.3 Å². The number of nitrogens with one attached hydrogen (secondary N) is 1. The Hall–Kier alpha value is -1.10. The van der Waals surface area contributed by atoms with Gasteiger partial charge in [-0.15, -0.1) is 11.3 Å². The number of carbonyl (C=O) groups excluding carboxylic acids is 1. The summed E-state index contributed by atoms with van der Waals surface area (Å²) in [7, 11) is 0. The molecule has 0 unspecified atom stereocenters. The molecule has 1 amide bonds. The van der Waals surface area contributed by atoms with E-state index in [-0.39, 0.29) is 5.91 Å². The fourth-order valence-electron chi connectivity index (χ4n) is 1.72. The summed E-state index contributed by atoms with van der Waals surface area (Å²) >= 11 is 1.29. The Bertz CT molecular complexity index is 363. The molecule has 0 radical (unpaired) electrons. The van der Waals surface area contributed by atoms with E-state index in [1.54, 1.807) is 5.38 Å². The van der Waals surface area contributed by atoms with Crippen molar-refractivity contribution in [2.24, 2.45) is 5.92 Å². The molecule has 0 aromatic carbocycles. The van der Waals surface area contributed by atoms with Crippen LogP contribution in [0.1, 0.15) is 56.4 Å². The lowest BCUT2D eigenvalue weighted by atomic mass is 10.0. The van der Waals surface area contributed by atoms with Crippen LogP contribution in [0.5, 0.6) is 0 Å². The standard InChI is InChI=1S/C13H23N3OS/c1-10(2)7-5-3-4-6-8-15-12(17)11-9-18-13(14)16-11/h9-10H,3-8H2,1-2H3,(H2,14,16)(H,15,17). The van der Waals surface area contributed by atoms with Gasteiger partial charge in [-0.25, -0.2) is 4.98 Å². The van der Waals surface area contributed by atoms with Crippen molar-refractivity contribution in [2.45, 2.75) is 46.0 Å². The van der Waals surface area contributed by atoms with Crippen molar-refractivity contribution < 1.29 is 4.79 Å². The highest BCUT2D eigenvalue weighted by atomic mass is 32.1. The van der Waals surface area contributed by atoms with Crippen LogP contribution in [0.3, 0.4) is 0 Å². The molecule has 0 bridgehead atoms. The molecule has 1 aromatic heterocycles. The third-order valence-corrected chi connectivity index (χ3v) is 3.42. The number of nitrogen functional groups attached to an aromatic ring is 1. The molecule has 18 heavy (non-hydrogen) atoms.